The van der Waals surface area contributed by atoms with Gasteiger partial charge >= 0.3 is 12.1 Å². The summed E-state index contributed by atoms with van der Waals surface area (Å²) in [6.07, 6.45) is 0.689. The fourth-order valence-corrected chi connectivity index (χ4v) is 4.40. The van der Waals surface area contributed by atoms with Gasteiger partial charge < -0.3 is 19.5 Å². The number of ether oxygens (including phenoxy) is 3. The van der Waals surface area contributed by atoms with Crippen LogP contribution in [0, 0.1) is 0 Å². The number of alkyl carbamates (subject to hydrolysis) is 1. The Morgan fingerprint density at radius 2 is 1.44 bits per heavy atom. The number of carbonyl (C=O) groups excluding carboxylic acids is 2. The first kappa shape index (κ1) is 27.5. The summed E-state index contributed by atoms with van der Waals surface area (Å²) in [6, 6.07) is 15.8. The third-order valence-electron chi connectivity index (χ3n) is 5.82. The van der Waals surface area contributed by atoms with Crippen LogP contribution in [0.15, 0.2) is 60.2 Å². The van der Waals surface area contributed by atoms with Crippen LogP contribution in [0.4, 0.5) is 4.79 Å². The van der Waals surface area contributed by atoms with Crippen molar-refractivity contribution in [3.63, 3.8) is 0 Å². The van der Waals surface area contributed by atoms with Crippen LogP contribution in [0.2, 0.25) is 0 Å². The zero-order chi connectivity index (χ0) is 26.7. The van der Waals surface area contributed by atoms with Gasteiger partial charge in [0.25, 0.3) is 0 Å². The Bertz CT molecular complexity index is 1080. The Labute approximate surface area is 215 Å². The molecule has 0 saturated heterocycles. The maximum absolute atomic E-state index is 13.0. The molecule has 0 aliphatic heterocycles. The Kier molecular flexibility index (Phi) is 8.29. The molecular formula is C30H39NO5. The predicted octanol–water partition coefficient (Wildman–Crippen LogP) is 6.39. The topological polar surface area (TPSA) is 73.9 Å². The van der Waals surface area contributed by atoms with E-state index in [9.17, 15) is 9.59 Å². The number of esters is 1. The molecule has 6 nitrogen and oxygen atoms in total. The first-order valence-corrected chi connectivity index (χ1v) is 12.5. The lowest BCUT2D eigenvalue weighted by Gasteiger charge is -2.30. The van der Waals surface area contributed by atoms with Gasteiger partial charge in [-0.1, -0.05) is 48.5 Å². The molecular weight excluding hydrogens is 454 g/mol. The predicted molar refractivity (Wildman–Crippen MR) is 142 cm³/mol. The average Bonchev–Trinajstić information content (AvgIpc) is 3.08. The van der Waals surface area contributed by atoms with E-state index >= 15 is 0 Å². The molecule has 0 radical (unpaired) electrons. The minimum atomic E-state index is -0.616. The highest BCUT2D eigenvalue weighted by atomic mass is 16.6. The van der Waals surface area contributed by atoms with Gasteiger partial charge in [-0.3, -0.25) is 0 Å². The maximum Gasteiger partial charge on any atom is 0.407 e. The van der Waals surface area contributed by atoms with Crippen LogP contribution in [0.25, 0.3) is 11.1 Å². The number of benzene rings is 2. The highest BCUT2D eigenvalue weighted by Crippen LogP contribution is 2.44. The molecule has 2 atom stereocenters. The third kappa shape index (κ3) is 7.20. The van der Waals surface area contributed by atoms with E-state index in [0.29, 0.717) is 5.57 Å². The molecule has 0 heterocycles. The molecule has 2 aromatic rings. The number of nitrogens with one attached hydrogen (secondary N) is 1. The Balaban J connectivity index is 1.74. The molecule has 0 fully saturated rings. The lowest BCUT2D eigenvalue weighted by Crippen LogP contribution is -2.45. The molecule has 1 unspecified atom stereocenters. The second-order valence-corrected chi connectivity index (χ2v) is 11.3. The van der Waals surface area contributed by atoms with Gasteiger partial charge in [-0.25, -0.2) is 9.59 Å². The van der Waals surface area contributed by atoms with E-state index in [0.717, 1.165) is 11.1 Å². The van der Waals surface area contributed by atoms with Crippen LogP contribution < -0.4 is 5.32 Å². The van der Waals surface area contributed by atoms with Gasteiger partial charge in [0.2, 0.25) is 0 Å². The molecule has 1 aliphatic rings. The number of carbonyl (C=O) groups is 2. The molecule has 1 N–H and O–H groups in total. The molecule has 0 aromatic heterocycles. The lowest BCUT2D eigenvalue weighted by atomic mass is 9.98. The van der Waals surface area contributed by atoms with E-state index < -0.39 is 35.4 Å². The van der Waals surface area contributed by atoms with Crippen molar-refractivity contribution in [2.45, 2.75) is 84.7 Å². The number of amides is 1. The van der Waals surface area contributed by atoms with Gasteiger partial charge in [0, 0.05) is 11.5 Å². The quantitative estimate of drug-likeness (QED) is 0.358. The number of hydrogen-bond acceptors (Lipinski definition) is 5. The summed E-state index contributed by atoms with van der Waals surface area (Å²) in [5.41, 5.74) is 3.97. The minimum Gasteiger partial charge on any atom is -0.457 e. The lowest BCUT2D eigenvalue weighted by molar-refractivity contribution is -0.149. The van der Waals surface area contributed by atoms with Crippen molar-refractivity contribution in [3.8, 4) is 11.1 Å². The fourth-order valence-electron chi connectivity index (χ4n) is 4.40. The van der Waals surface area contributed by atoms with Crippen molar-refractivity contribution in [1.82, 2.24) is 5.32 Å². The molecule has 6 heteroatoms. The van der Waals surface area contributed by atoms with Crippen molar-refractivity contribution < 1.29 is 23.8 Å². The van der Waals surface area contributed by atoms with E-state index in [4.69, 9.17) is 14.2 Å². The fraction of sp³-hybridized carbons (Fsp3) is 0.467. The Hall–Kier alpha value is -3.12. The van der Waals surface area contributed by atoms with E-state index in [-0.39, 0.29) is 12.5 Å². The zero-order valence-corrected chi connectivity index (χ0v) is 22.7. The van der Waals surface area contributed by atoms with E-state index in [1.165, 1.54) is 11.1 Å². The van der Waals surface area contributed by atoms with Crippen molar-refractivity contribution in [2.24, 2.45) is 0 Å². The summed E-state index contributed by atoms with van der Waals surface area (Å²) in [5, 5.41) is 2.89. The number of hydrogen-bond donors (Lipinski definition) is 1. The van der Waals surface area contributed by atoms with Crippen molar-refractivity contribution in [2.75, 3.05) is 6.61 Å². The minimum absolute atomic E-state index is 0.0381. The smallest absolute Gasteiger partial charge is 0.407 e. The maximum atomic E-state index is 13.0. The van der Waals surface area contributed by atoms with Crippen LogP contribution in [0.3, 0.4) is 0 Å². The summed E-state index contributed by atoms with van der Waals surface area (Å²) in [6.45, 7) is 15.0. The summed E-state index contributed by atoms with van der Waals surface area (Å²) < 4.78 is 17.3. The van der Waals surface area contributed by atoms with E-state index in [2.05, 4.69) is 29.6 Å². The highest BCUT2D eigenvalue weighted by Gasteiger charge is 2.30. The SMILES string of the molecule is C/C(=C\[C@H](NC(=O)OCC1c2ccccc2-c2ccccc21)C(C)OC(C)(C)C)C(=O)OC(C)(C)C. The molecule has 2 aromatic carbocycles. The van der Waals surface area contributed by atoms with E-state index in [1.54, 1.807) is 13.0 Å². The first-order chi connectivity index (χ1) is 16.7. The van der Waals surface area contributed by atoms with E-state index in [1.807, 2.05) is 72.7 Å². The van der Waals surface area contributed by atoms with Crippen LogP contribution in [-0.2, 0) is 19.0 Å². The zero-order valence-electron chi connectivity index (χ0n) is 22.7. The second kappa shape index (κ2) is 10.9. The summed E-state index contributed by atoms with van der Waals surface area (Å²) >= 11 is 0. The van der Waals surface area contributed by atoms with Gasteiger partial charge in [-0.2, -0.15) is 0 Å². The van der Waals surface area contributed by atoms with Gasteiger partial charge in [0.15, 0.2) is 0 Å². The van der Waals surface area contributed by atoms with Gasteiger partial charge in [-0.05, 0) is 83.7 Å². The highest BCUT2D eigenvalue weighted by molar-refractivity contribution is 5.88. The molecule has 1 aliphatic carbocycles. The summed E-state index contributed by atoms with van der Waals surface area (Å²) in [4.78, 5) is 25.5. The summed E-state index contributed by atoms with van der Waals surface area (Å²) in [7, 11) is 0. The summed E-state index contributed by atoms with van der Waals surface area (Å²) in [5.74, 6) is -0.478. The molecule has 0 saturated carbocycles. The largest absolute Gasteiger partial charge is 0.457 e. The Morgan fingerprint density at radius 1 is 0.917 bits per heavy atom. The molecule has 194 valence electrons. The third-order valence-corrected chi connectivity index (χ3v) is 5.82. The second-order valence-electron chi connectivity index (χ2n) is 11.3. The monoisotopic (exact) mass is 493 g/mol. The van der Waals surface area contributed by atoms with Gasteiger partial charge in [0.1, 0.15) is 12.2 Å². The molecule has 36 heavy (non-hydrogen) atoms. The van der Waals surface area contributed by atoms with Crippen LogP contribution >= 0.6 is 0 Å². The number of fused-ring (bicyclic) bond motifs is 3. The van der Waals surface area contributed by atoms with Gasteiger partial charge in [-0.15, -0.1) is 0 Å². The first-order valence-electron chi connectivity index (χ1n) is 12.5. The number of rotatable bonds is 7. The molecule has 0 bridgehead atoms. The normalized spacial score (nSPS) is 15.5. The van der Waals surface area contributed by atoms with Crippen LogP contribution in [-0.4, -0.2) is 42.0 Å². The molecule has 0 spiro atoms. The van der Waals surface area contributed by atoms with Crippen molar-refractivity contribution in [3.05, 3.63) is 71.3 Å². The average molecular weight is 494 g/mol. The van der Waals surface area contributed by atoms with Crippen molar-refractivity contribution >= 4 is 12.1 Å². The van der Waals surface area contributed by atoms with Crippen molar-refractivity contribution in [1.29, 1.82) is 0 Å². The molecule has 3 rings (SSSR count). The van der Waals surface area contributed by atoms with Crippen LogP contribution in [0.1, 0.15) is 72.4 Å². The Morgan fingerprint density at radius 3 is 1.94 bits per heavy atom. The van der Waals surface area contributed by atoms with Crippen LogP contribution in [0.5, 0.6) is 0 Å². The standard InChI is InChI=1S/C30H39NO5/c1-19(27(32)36-30(6,7)8)17-26(20(2)35-29(3,4)5)31-28(33)34-18-25-23-15-11-9-13-21(23)22-14-10-12-16-24(22)25/h9-17,20,25-26H,18H2,1-8H3,(H,31,33)/b19-17+/t20?,26-/m0/s1. The molecule has 1 amide bonds. The van der Waals surface area contributed by atoms with Gasteiger partial charge in [0.05, 0.1) is 17.7 Å².